The van der Waals surface area contributed by atoms with E-state index in [2.05, 4.69) is 72.4 Å². The van der Waals surface area contributed by atoms with Gasteiger partial charge >= 0.3 is 0 Å². The van der Waals surface area contributed by atoms with Gasteiger partial charge < -0.3 is 5.73 Å². The Morgan fingerprint density at radius 2 is 1.83 bits per heavy atom. The van der Waals surface area contributed by atoms with Gasteiger partial charge in [0.1, 0.15) is 0 Å². The van der Waals surface area contributed by atoms with Crippen LogP contribution in [0, 0.1) is 40.4 Å². The SMILES string of the molecule is C=CC1(/C(N)=C\C2C(C)CC2C)C(C)CC1C(C)(C)/C=C\CC. The summed E-state index contributed by atoms with van der Waals surface area (Å²) < 4.78 is 0. The van der Waals surface area contributed by atoms with Crippen molar-refractivity contribution in [2.75, 3.05) is 0 Å². The van der Waals surface area contributed by atoms with Gasteiger partial charge in [-0.3, -0.25) is 0 Å². The molecular formula is C22H37N. The topological polar surface area (TPSA) is 26.0 Å². The highest BCUT2D eigenvalue weighted by Crippen LogP contribution is 2.63. The maximum absolute atomic E-state index is 6.73. The Balaban J connectivity index is 2.32. The Bertz CT molecular complexity index is 490. The van der Waals surface area contributed by atoms with E-state index in [1.54, 1.807) is 0 Å². The smallest absolute Gasteiger partial charge is 0.0334 e. The summed E-state index contributed by atoms with van der Waals surface area (Å²) in [6.45, 7) is 18.2. The van der Waals surface area contributed by atoms with Gasteiger partial charge in [0.15, 0.2) is 0 Å². The maximum Gasteiger partial charge on any atom is 0.0334 e. The van der Waals surface area contributed by atoms with Crippen molar-refractivity contribution < 1.29 is 0 Å². The van der Waals surface area contributed by atoms with Crippen molar-refractivity contribution in [1.29, 1.82) is 0 Å². The van der Waals surface area contributed by atoms with E-state index in [-0.39, 0.29) is 10.8 Å². The molecule has 0 aromatic carbocycles. The van der Waals surface area contributed by atoms with Crippen molar-refractivity contribution >= 4 is 0 Å². The number of hydrogen-bond donors (Lipinski definition) is 1. The van der Waals surface area contributed by atoms with Crippen molar-refractivity contribution in [1.82, 2.24) is 0 Å². The minimum atomic E-state index is -0.0311. The van der Waals surface area contributed by atoms with E-state index in [1.807, 2.05) is 0 Å². The monoisotopic (exact) mass is 315 g/mol. The summed E-state index contributed by atoms with van der Waals surface area (Å²) in [6, 6.07) is 0. The highest BCUT2D eigenvalue weighted by molar-refractivity contribution is 5.31. The molecule has 0 saturated heterocycles. The normalized spacial score (nSPS) is 41.5. The van der Waals surface area contributed by atoms with E-state index in [4.69, 9.17) is 5.73 Å². The van der Waals surface area contributed by atoms with Crippen molar-refractivity contribution in [3.63, 3.8) is 0 Å². The second-order valence-corrected chi connectivity index (χ2v) is 8.85. The van der Waals surface area contributed by atoms with Gasteiger partial charge in [0.25, 0.3) is 0 Å². The quantitative estimate of drug-likeness (QED) is 0.603. The molecule has 5 atom stereocenters. The molecule has 1 heteroatoms. The van der Waals surface area contributed by atoms with Crippen molar-refractivity contribution in [2.45, 2.75) is 60.8 Å². The first kappa shape index (κ1) is 18.4. The molecule has 0 aromatic heterocycles. The fourth-order valence-corrected chi connectivity index (χ4v) is 5.28. The maximum atomic E-state index is 6.73. The van der Waals surface area contributed by atoms with Crippen LogP contribution in [0.25, 0.3) is 0 Å². The molecule has 0 heterocycles. The van der Waals surface area contributed by atoms with Crippen LogP contribution in [0.5, 0.6) is 0 Å². The fraction of sp³-hybridized carbons (Fsp3) is 0.727. The lowest BCUT2D eigenvalue weighted by molar-refractivity contribution is -0.0275. The van der Waals surface area contributed by atoms with Gasteiger partial charge in [0.2, 0.25) is 0 Å². The summed E-state index contributed by atoms with van der Waals surface area (Å²) in [5.41, 5.74) is 7.94. The molecule has 2 N–H and O–H groups in total. The van der Waals surface area contributed by atoms with Crippen LogP contribution in [-0.2, 0) is 0 Å². The van der Waals surface area contributed by atoms with E-state index in [0.29, 0.717) is 17.8 Å². The highest BCUT2D eigenvalue weighted by atomic mass is 14.7. The molecule has 23 heavy (non-hydrogen) atoms. The van der Waals surface area contributed by atoms with E-state index in [1.165, 1.54) is 12.8 Å². The molecule has 1 nitrogen and oxygen atoms in total. The predicted octanol–water partition coefficient (Wildman–Crippen LogP) is 5.94. The molecule has 0 radical (unpaired) electrons. The van der Waals surface area contributed by atoms with Crippen LogP contribution in [-0.4, -0.2) is 0 Å². The van der Waals surface area contributed by atoms with Crippen LogP contribution in [0.1, 0.15) is 60.8 Å². The highest BCUT2D eigenvalue weighted by Gasteiger charge is 2.57. The molecule has 0 aliphatic heterocycles. The Morgan fingerprint density at radius 3 is 2.26 bits per heavy atom. The lowest BCUT2D eigenvalue weighted by atomic mass is 9.45. The van der Waals surface area contributed by atoms with Gasteiger partial charge in [0.05, 0.1) is 0 Å². The molecule has 2 aliphatic carbocycles. The second kappa shape index (κ2) is 6.49. The largest absolute Gasteiger partial charge is 0.402 e. The van der Waals surface area contributed by atoms with Gasteiger partial charge in [0, 0.05) is 11.1 Å². The molecule has 5 unspecified atom stereocenters. The first-order chi connectivity index (χ1) is 10.7. The summed E-state index contributed by atoms with van der Waals surface area (Å²) in [6.07, 6.45) is 12.9. The zero-order valence-corrected chi connectivity index (χ0v) is 16.1. The molecule has 0 amide bonds. The van der Waals surface area contributed by atoms with Gasteiger partial charge in [-0.25, -0.2) is 0 Å². The Morgan fingerprint density at radius 1 is 1.22 bits per heavy atom. The molecule has 2 fully saturated rings. The van der Waals surface area contributed by atoms with Crippen LogP contribution in [0.15, 0.2) is 36.6 Å². The Kier molecular flexibility index (Phi) is 5.18. The fourth-order valence-electron chi connectivity index (χ4n) is 5.28. The average Bonchev–Trinajstić information content (AvgIpc) is 2.49. The molecule has 2 rings (SSSR count). The van der Waals surface area contributed by atoms with Crippen molar-refractivity contribution in [2.24, 2.45) is 46.2 Å². The third-order valence-electron chi connectivity index (χ3n) is 6.93. The minimum absolute atomic E-state index is 0.0311. The zero-order chi connectivity index (χ0) is 17.4. The van der Waals surface area contributed by atoms with E-state index < -0.39 is 0 Å². The van der Waals surface area contributed by atoms with E-state index in [9.17, 15) is 0 Å². The third-order valence-corrected chi connectivity index (χ3v) is 6.93. The number of rotatable bonds is 6. The number of hydrogen-bond acceptors (Lipinski definition) is 1. The number of allylic oxidation sites excluding steroid dienone is 4. The molecular weight excluding hydrogens is 278 g/mol. The van der Waals surface area contributed by atoms with Crippen LogP contribution in [0.2, 0.25) is 0 Å². The van der Waals surface area contributed by atoms with E-state index in [0.717, 1.165) is 24.0 Å². The Labute approximate surface area is 144 Å². The molecule has 2 saturated carbocycles. The van der Waals surface area contributed by atoms with Gasteiger partial charge in [-0.1, -0.05) is 65.8 Å². The average molecular weight is 316 g/mol. The summed E-state index contributed by atoms with van der Waals surface area (Å²) in [4.78, 5) is 0. The van der Waals surface area contributed by atoms with Crippen LogP contribution in [0.4, 0.5) is 0 Å². The summed E-state index contributed by atoms with van der Waals surface area (Å²) in [5.74, 6) is 3.32. The first-order valence-corrected chi connectivity index (χ1v) is 9.49. The second-order valence-electron chi connectivity index (χ2n) is 8.85. The van der Waals surface area contributed by atoms with Crippen molar-refractivity contribution in [3.8, 4) is 0 Å². The standard InChI is InChI=1S/C22H37N/c1-8-10-11-21(6,7)19-13-17(5)22(19,9-2)20(23)14-18-15(3)12-16(18)4/h9-11,14-19H,2,8,12-13,23H2,1,3-7H3/b11-10-,20-14+. The molecule has 130 valence electrons. The van der Waals surface area contributed by atoms with Crippen LogP contribution in [0.3, 0.4) is 0 Å². The summed E-state index contributed by atoms with van der Waals surface area (Å²) in [7, 11) is 0. The third kappa shape index (κ3) is 2.92. The molecule has 0 aromatic rings. The molecule has 2 aliphatic rings. The lowest BCUT2D eigenvalue weighted by Crippen LogP contribution is -2.55. The summed E-state index contributed by atoms with van der Waals surface area (Å²) >= 11 is 0. The van der Waals surface area contributed by atoms with Gasteiger partial charge in [-0.15, -0.1) is 6.58 Å². The molecule has 0 spiro atoms. The summed E-state index contributed by atoms with van der Waals surface area (Å²) in [5, 5.41) is 0. The number of nitrogens with two attached hydrogens (primary N) is 1. The van der Waals surface area contributed by atoms with Crippen molar-refractivity contribution in [3.05, 3.63) is 36.6 Å². The van der Waals surface area contributed by atoms with Gasteiger partial charge in [-0.2, -0.15) is 0 Å². The van der Waals surface area contributed by atoms with Gasteiger partial charge in [-0.05, 0) is 54.3 Å². The zero-order valence-electron chi connectivity index (χ0n) is 16.1. The Hall–Kier alpha value is -0.980. The van der Waals surface area contributed by atoms with Crippen LogP contribution >= 0.6 is 0 Å². The van der Waals surface area contributed by atoms with E-state index >= 15 is 0 Å². The molecule has 0 bridgehead atoms. The lowest BCUT2D eigenvalue weighted by Gasteiger charge is -2.59. The van der Waals surface area contributed by atoms with Crippen LogP contribution < -0.4 is 5.73 Å². The predicted molar refractivity (Wildman–Crippen MR) is 102 cm³/mol. The minimum Gasteiger partial charge on any atom is -0.402 e. The first-order valence-electron chi connectivity index (χ1n) is 9.49.